The van der Waals surface area contributed by atoms with Crippen LogP contribution in [-0.4, -0.2) is 18.3 Å². The van der Waals surface area contributed by atoms with Gasteiger partial charge < -0.3 is 9.84 Å². The fourth-order valence-corrected chi connectivity index (χ4v) is 2.51. The van der Waals surface area contributed by atoms with E-state index in [-0.39, 0.29) is 6.61 Å². The molecule has 0 saturated heterocycles. The van der Waals surface area contributed by atoms with Gasteiger partial charge in [-0.15, -0.1) is 0 Å². The molecule has 0 unspecified atom stereocenters. The van der Waals surface area contributed by atoms with Crippen molar-refractivity contribution in [2.24, 2.45) is 5.92 Å². The molecule has 0 atom stereocenters. The second kappa shape index (κ2) is 6.41. The predicted octanol–water partition coefficient (Wildman–Crippen LogP) is 3.55. The molecule has 3 heteroatoms. The van der Waals surface area contributed by atoms with E-state index in [4.69, 9.17) is 9.84 Å². The second-order valence-electron chi connectivity index (χ2n) is 4.70. The van der Waals surface area contributed by atoms with Crippen LogP contribution in [0.3, 0.4) is 0 Å². The van der Waals surface area contributed by atoms with Crippen LogP contribution in [0.4, 0.5) is 0 Å². The van der Waals surface area contributed by atoms with Gasteiger partial charge in [0, 0.05) is 6.61 Å². The van der Waals surface area contributed by atoms with Gasteiger partial charge in [0.05, 0.1) is 11.1 Å². The molecule has 1 aliphatic rings. The van der Waals surface area contributed by atoms with Crippen molar-refractivity contribution in [2.75, 3.05) is 13.2 Å². The standard InChI is InChI=1S/C14H19BrO2/c15-13-9-11(5-2-8-16)6-7-14(13)17-10-12-3-1-4-12/h6-7,9,12,16H,1-5,8,10H2. The summed E-state index contributed by atoms with van der Waals surface area (Å²) in [7, 11) is 0. The van der Waals surface area contributed by atoms with Crippen LogP contribution < -0.4 is 4.74 Å². The minimum absolute atomic E-state index is 0.248. The summed E-state index contributed by atoms with van der Waals surface area (Å²) in [5.41, 5.74) is 1.24. The zero-order valence-electron chi connectivity index (χ0n) is 9.99. The van der Waals surface area contributed by atoms with Gasteiger partial charge in [-0.2, -0.15) is 0 Å². The highest BCUT2D eigenvalue weighted by atomic mass is 79.9. The Hall–Kier alpha value is -0.540. The quantitative estimate of drug-likeness (QED) is 0.870. The van der Waals surface area contributed by atoms with Crippen molar-refractivity contribution >= 4 is 15.9 Å². The Morgan fingerprint density at radius 2 is 2.18 bits per heavy atom. The maximum absolute atomic E-state index is 8.79. The van der Waals surface area contributed by atoms with Crippen LogP contribution in [0.25, 0.3) is 0 Å². The molecule has 1 aliphatic carbocycles. The lowest BCUT2D eigenvalue weighted by molar-refractivity contribution is 0.180. The van der Waals surface area contributed by atoms with E-state index in [9.17, 15) is 0 Å². The molecule has 1 aromatic rings. The SMILES string of the molecule is OCCCc1ccc(OCC2CCC2)c(Br)c1. The number of aliphatic hydroxyl groups is 1. The second-order valence-corrected chi connectivity index (χ2v) is 5.55. The third-order valence-corrected chi connectivity index (χ3v) is 3.94. The highest BCUT2D eigenvalue weighted by molar-refractivity contribution is 9.10. The summed E-state index contributed by atoms with van der Waals surface area (Å²) in [6.45, 7) is 1.09. The Kier molecular flexibility index (Phi) is 4.86. The molecular formula is C14H19BrO2. The summed E-state index contributed by atoms with van der Waals surface area (Å²) in [4.78, 5) is 0. The van der Waals surface area contributed by atoms with E-state index in [1.54, 1.807) is 0 Å². The molecule has 94 valence electrons. The first-order valence-electron chi connectivity index (χ1n) is 6.31. The Bertz CT molecular complexity index is 361. The highest BCUT2D eigenvalue weighted by Crippen LogP contribution is 2.30. The first kappa shape index (κ1) is 12.9. The molecule has 2 nitrogen and oxygen atoms in total. The summed E-state index contributed by atoms with van der Waals surface area (Å²) >= 11 is 3.54. The van der Waals surface area contributed by atoms with Crippen LogP contribution in [0.5, 0.6) is 5.75 Å². The molecule has 0 spiro atoms. The lowest BCUT2D eigenvalue weighted by Gasteiger charge is -2.25. The monoisotopic (exact) mass is 298 g/mol. The first-order chi connectivity index (χ1) is 8.29. The fourth-order valence-electron chi connectivity index (χ4n) is 1.97. The lowest BCUT2D eigenvalue weighted by Crippen LogP contribution is -2.19. The molecule has 0 aliphatic heterocycles. The van der Waals surface area contributed by atoms with E-state index in [0.29, 0.717) is 0 Å². The molecule has 0 heterocycles. The zero-order valence-corrected chi connectivity index (χ0v) is 11.6. The molecule has 0 aromatic heterocycles. The van der Waals surface area contributed by atoms with Gasteiger partial charge in [-0.3, -0.25) is 0 Å². The lowest BCUT2D eigenvalue weighted by atomic mass is 9.86. The maximum Gasteiger partial charge on any atom is 0.133 e. The number of ether oxygens (including phenoxy) is 1. The van der Waals surface area contributed by atoms with E-state index in [0.717, 1.165) is 35.6 Å². The summed E-state index contributed by atoms with van der Waals surface area (Å²) in [6.07, 6.45) is 5.71. The Morgan fingerprint density at radius 1 is 1.35 bits per heavy atom. The number of hydrogen-bond donors (Lipinski definition) is 1. The predicted molar refractivity (Wildman–Crippen MR) is 72.4 cm³/mol. The molecule has 0 amide bonds. The smallest absolute Gasteiger partial charge is 0.133 e. The van der Waals surface area contributed by atoms with Gasteiger partial charge in [0.2, 0.25) is 0 Å². The van der Waals surface area contributed by atoms with E-state index < -0.39 is 0 Å². The van der Waals surface area contributed by atoms with Crippen molar-refractivity contribution in [3.63, 3.8) is 0 Å². The minimum atomic E-state index is 0.248. The number of halogens is 1. The molecule has 2 rings (SSSR count). The van der Waals surface area contributed by atoms with Crippen molar-refractivity contribution in [3.8, 4) is 5.75 Å². The normalized spacial score (nSPS) is 15.6. The van der Waals surface area contributed by atoms with Gasteiger partial charge in [-0.05, 0) is 65.2 Å². The van der Waals surface area contributed by atoms with Crippen LogP contribution in [-0.2, 0) is 6.42 Å². The van der Waals surface area contributed by atoms with Crippen molar-refractivity contribution in [1.29, 1.82) is 0 Å². The van der Waals surface area contributed by atoms with Crippen LogP contribution in [0, 0.1) is 5.92 Å². The van der Waals surface area contributed by atoms with Gasteiger partial charge in [-0.1, -0.05) is 12.5 Å². The van der Waals surface area contributed by atoms with E-state index in [1.807, 2.05) is 6.07 Å². The number of aliphatic hydroxyl groups excluding tert-OH is 1. The first-order valence-corrected chi connectivity index (χ1v) is 7.11. The zero-order chi connectivity index (χ0) is 12.1. The van der Waals surface area contributed by atoms with Crippen molar-refractivity contribution in [2.45, 2.75) is 32.1 Å². The molecule has 1 fully saturated rings. The third-order valence-electron chi connectivity index (χ3n) is 3.32. The average molecular weight is 299 g/mol. The minimum Gasteiger partial charge on any atom is -0.492 e. The summed E-state index contributed by atoms with van der Waals surface area (Å²) in [5, 5.41) is 8.79. The maximum atomic E-state index is 8.79. The number of rotatable bonds is 6. The number of hydrogen-bond acceptors (Lipinski definition) is 2. The molecule has 1 saturated carbocycles. The largest absolute Gasteiger partial charge is 0.492 e. The van der Waals surface area contributed by atoms with Gasteiger partial charge >= 0.3 is 0 Å². The van der Waals surface area contributed by atoms with Crippen molar-refractivity contribution in [3.05, 3.63) is 28.2 Å². The van der Waals surface area contributed by atoms with Crippen LogP contribution in [0.15, 0.2) is 22.7 Å². The Labute approximate surface area is 111 Å². The van der Waals surface area contributed by atoms with Crippen molar-refractivity contribution < 1.29 is 9.84 Å². The summed E-state index contributed by atoms with van der Waals surface area (Å²) < 4.78 is 6.82. The molecule has 0 bridgehead atoms. The van der Waals surface area contributed by atoms with Crippen molar-refractivity contribution in [1.82, 2.24) is 0 Å². The Morgan fingerprint density at radius 3 is 2.76 bits per heavy atom. The molecule has 17 heavy (non-hydrogen) atoms. The molecule has 1 aromatic carbocycles. The van der Waals surface area contributed by atoms with Gasteiger partial charge in [-0.25, -0.2) is 0 Å². The highest BCUT2D eigenvalue weighted by Gasteiger charge is 2.18. The summed E-state index contributed by atoms with van der Waals surface area (Å²) in [5.74, 6) is 1.70. The topological polar surface area (TPSA) is 29.5 Å². The molecular weight excluding hydrogens is 280 g/mol. The number of benzene rings is 1. The van der Waals surface area contributed by atoms with E-state index in [2.05, 4.69) is 28.1 Å². The average Bonchev–Trinajstić information content (AvgIpc) is 2.27. The van der Waals surface area contributed by atoms with Gasteiger partial charge in [0.1, 0.15) is 5.75 Å². The summed E-state index contributed by atoms with van der Waals surface area (Å²) in [6, 6.07) is 6.19. The van der Waals surface area contributed by atoms with Gasteiger partial charge in [0.25, 0.3) is 0 Å². The third kappa shape index (κ3) is 3.71. The molecule has 0 radical (unpaired) electrons. The van der Waals surface area contributed by atoms with Crippen LogP contribution in [0.1, 0.15) is 31.2 Å². The van der Waals surface area contributed by atoms with Gasteiger partial charge in [0.15, 0.2) is 0 Å². The van der Waals surface area contributed by atoms with E-state index >= 15 is 0 Å². The Balaban J connectivity index is 1.88. The number of aryl methyl sites for hydroxylation is 1. The fraction of sp³-hybridized carbons (Fsp3) is 0.571. The van der Waals surface area contributed by atoms with Crippen LogP contribution in [0.2, 0.25) is 0 Å². The van der Waals surface area contributed by atoms with E-state index in [1.165, 1.54) is 24.8 Å². The molecule has 1 N–H and O–H groups in total. The van der Waals surface area contributed by atoms with Crippen LogP contribution >= 0.6 is 15.9 Å².